The van der Waals surface area contributed by atoms with Crippen LogP contribution in [0.2, 0.25) is 0 Å². The van der Waals surface area contributed by atoms with Gasteiger partial charge in [-0.25, -0.2) is 4.68 Å². The van der Waals surface area contributed by atoms with Gasteiger partial charge in [0.15, 0.2) is 0 Å². The summed E-state index contributed by atoms with van der Waals surface area (Å²) in [6.45, 7) is 0. The number of rotatable bonds is 2. The van der Waals surface area contributed by atoms with Crippen LogP contribution in [-0.2, 0) is 0 Å². The van der Waals surface area contributed by atoms with E-state index >= 15 is 0 Å². The monoisotopic (exact) mass is 204 g/mol. The zero-order valence-corrected chi connectivity index (χ0v) is 8.85. The van der Waals surface area contributed by atoms with Crippen LogP contribution >= 0.6 is 0 Å². The molecule has 0 bridgehead atoms. The highest BCUT2D eigenvalue weighted by molar-refractivity contribution is 5.12. The highest BCUT2D eigenvalue weighted by Crippen LogP contribution is 2.38. The molecule has 0 saturated heterocycles. The lowest BCUT2D eigenvalue weighted by molar-refractivity contribution is 0.437. The van der Waals surface area contributed by atoms with Gasteiger partial charge in [0.1, 0.15) is 0 Å². The Morgan fingerprint density at radius 3 is 2.53 bits per heavy atom. The van der Waals surface area contributed by atoms with Gasteiger partial charge in [-0.05, 0) is 31.7 Å². The van der Waals surface area contributed by atoms with Gasteiger partial charge < -0.3 is 0 Å². The molecule has 0 N–H and O–H groups in total. The fourth-order valence-corrected chi connectivity index (χ4v) is 2.45. The van der Waals surface area contributed by atoms with Crippen LogP contribution in [0.5, 0.6) is 0 Å². The van der Waals surface area contributed by atoms with Crippen LogP contribution < -0.4 is 5.56 Å². The number of hydrogen-bond acceptors (Lipinski definition) is 2. The van der Waals surface area contributed by atoms with Gasteiger partial charge in [-0.15, -0.1) is 0 Å². The van der Waals surface area contributed by atoms with E-state index in [0.717, 1.165) is 18.5 Å². The second kappa shape index (κ2) is 3.47. The summed E-state index contributed by atoms with van der Waals surface area (Å²) in [6, 6.07) is 3.97. The standard InChI is InChI=1S/C12H16N2O/c15-12-8-7-11(9-5-6-9)13-14(12)10-3-1-2-4-10/h7-10H,1-6H2. The Morgan fingerprint density at radius 1 is 1.13 bits per heavy atom. The van der Waals surface area contributed by atoms with E-state index in [1.807, 2.05) is 6.07 Å². The van der Waals surface area contributed by atoms with E-state index in [1.54, 1.807) is 10.7 Å². The number of aromatic nitrogens is 2. The summed E-state index contributed by atoms with van der Waals surface area (Å²) in [5.74, 6) is 0.637. The first-order valence-electron chi connectivity index (χ1n) is 5.94. The molecule has 1 aromatic rings. The van der Waals surface area contributed by atoms with Gasteiger partial charge in [-0.3, -0.25) is 4.79 Å². The predicted molar refractivity (Wildman–Crippen MR) is 58.0 cm³/mol. The lowest BCUT2D eigenvalue weighted by Gasteiger charge is -2.12. The van der Waals surface area contributed by atoms with Crippen molar-refractivity contribution in [1.29, 1.82) is 0 Å². The fourth-order valence-electron chi connectivity index (χ4n) is 2.45. The van der Waals surface area contributed by atoms with E-state index in [-0.39, 0.29) is 5.56 Å². The summed E-state index contributed by atoms with van der Waals surface area (Å²) in [5, 5.41) is 4.52. The van der Waals surface area contributed by atoms with Crippen molar-refractivity contribution >= 4 is 0 Å². The smallest absolute Gasteiger partial charge is 0.267 e. The van der Waals surface area contributed by atoms with Gasteiger partial charge in [-0.2, -0.15) is 5.10 Å². The molecule has 3 heteroatoms. The molecule has 2 aliphatic rings. The van der Waals surface area contributed by atoms with E-state index in [1.165, 1.54) is 25.7 Å². The zero-order chi connectivity index (χ0) is 10.3. The second-order valence-corrected chi connectivity index (χ2v) is 4.75. The van der Waals surface area contributed by atoms with Gasteiger partial charge >= 0.3 is 0 Å². The lowest BCUT2D eigenvalue weighted by Crippen LogP contribution is -2.26. The van der Waals surface area contributed by atoms with Crippen molar-refractivity contribution in [2.75, 3.05) is 0 Å². The molecule has 0 spiro atoms. The third kappa shape index (κ3) is 1.71. The second-order valence-electron chi connectivity index (χ2n) is 4.75. The molecule has 2 saturated carbocycles. The Morgan fingerprint density at radius 2 is 1.87 bits per heavy atom. The van der Waals surface area contributed by atoms with E-state index in [0.29, 0.717) is 12.0 Å². The Hall–Kier alpha value is -1.12. The van der Waals surface area contributed by atoms with E-state index in [2.05, 4.69) is 5.10 Å². The molecular formula is C12H16N2O. The molecule has 80 valence electrons. The highest BCUT2D eigenvalue weighted by atomic mass is 16.1. The first-order valence-corrected chi connectivity index (χ1v) is 5.94. The molecule has 2 aliphatic carbocycles. The van der Waals surface area contributed by atoms with Crippen molar-refractivity contribution in [3.8, 4) is 0 Å². The van der Waals surface area contributed by atoms with Crippen molar-refractivity contribution in [2.45, 2.75) is 50.5 Å². The van der Waals surface area contributed by atoms with Gasteiger partial charge in [0.25, 0.3) is 5.56 Å². The normalized spacial score (nSPS) is 22.1. The van der Waals surface area contributed by atoms with Crippen molar-refractivity contribution in [3.63, 3.8) is 0 Å². The van der Waals surface area contributed by atoms with E-state index in [4.69, 9.17) is 0 Å². The molecule has 0 radical (unpaired) electrons. The molecule has 3 rings (SSSR count). The highest BCUT2D eigenvalue weighted by Gasteiger charge is 2.27. The van der Waals surface area contributed by atoms with Gasteiger partial charge in [0, 0.05) is 12.0 Å². The molecule has 1 heterocycles. The number of nitrogens with zero attached hydrogens (tertiary/aromatic N) is 2. The van der Waals surface area contributed by atoms with Gasteiger partial charge in [0.2, 0.25) is 0 Å². The third-order valence-corrected chi connectivity index (χ3v) is 3.51. The Bertz CT molecular complexity index is 414. The van der Waals surface area contributed by atoms with Crippen LogP contribution in [0.4, 0.5) is 0 Å². The van der Waals surface area contributed by atoms with Crippen LogP contribution in [0.25, 0.3) is 0 Å². The summed E-state index contributed by atoms with van der Waals surface area (Å²) in [5.41, 5.74) is 1.20. The summed E-state index contributed by atoms with van der Waals surface area (Å²) in [4.78, 5) is 11.7. The zero-order valence-electron chi connectivity index (χ0n) is 8.85. The molecule has 15 heavy (non-hydrogen) atoms. The Balaban J connectivity index is 1.96. The molecule has 0 aliphatic heterocycles. The maximum absolute atomic E-state index is 11.7. The van der Waals surface area contributed by atoms with Crippen molar-refractivity contribution in [3.05, 3.63) is 28.2 Å². The Labute approximate surface area is 89.1 Å². The molecule has 0 aromatic carbocycles. The molecule has 3 nitrogen and oxygen atoms in total. The quantitative estimate of drug-likeness (QED) is 0.740. The first kappa shape index (κ1) is 9.13. The molecule has 0 unspecified atom stereocenters. The SMILES string of the molecule is O=c1ccc(C2CC2)nn1C1CCCC1. The van der Waals surface area contributed by atoms with Crippen molar-refractivity contribution < 1.29 is 0 Å². The predicted octanol–water partition coefficient (Wildman–Crippen LogP) is 2.24. The lowest BCUT2D eigenvalue weighted by atomic mass is 10.2. The molecule has 0 amide bonds. The molecule has 0 atom stereocenters. The average Bonchev–Trinajstić information content (AvgIpc) is 2.95. The largest absolute Gasteiger partial charge is 0.268 e. The van der Waals surface area contributed by atoms with E-state index in [9.17, 15) is 4.79 Å². The summed E-state index contributed by atoms with van der Waals surface area (Å²) >= 11 is 0. The first-order chi connectivity index (χ1) is 7.34. The summed E-state index contributed by atoms with van der Waals surface area (Å²) in [7, 11) is 0. The average molecular weight is 204 g/mol. The van der Waals surface area contributed by atoms with E-state index < -0.39 is 0 Å². The van der Waals surface area contributed by atoms with Crippen LogP contribution in [0.1, 0.15) is 56.2 Å². The molecular weight excluding hydrogens is 188 g/mol. The topological polar surface area (TPSA) is 34.9 Å². The number of hydrogen-bond donors (Lipinski definition) is 0. The van der Waals surface area contributed by atoms with Crippen LogP contribution in [0.3, 0.4) is 0 Å². The van der Waals surface area contributed by atoms with Crippen molar-refractivity contribution in [1.82, 2.24) is 9.78 Å². The Kier molecular flexibility index (Phi) is 2.11. The maximum atomic E-state index is 11.7. The minimum Gasteiger partial charge on any atom is -0.268 e. The van der Waals surface area contributed by atoms with Gasteiger partial charge in [-0.1, -0.05) is 12.8 Å². The third-order valence-electron chi connectivity index (χ3n) is 3.51. The molecule has 1 aromatic heterocycles. The molecule has 2 fully saturated rings. The maximum Gasteiger partial charge on any atom is 0.267 e. The summed E-state index contributed by atoms with van der Waals surface area (Å²) in [6.07, 6.45) is 7.23. The van der Waals surface area contributed by atoms with Crippen LogP contribution in [0, 0.1) is 0 Å². The van der Waals surface area contributed by atoms with Crippen LogP contribution in [-0.4, -0.2) is 9.78 Å². The van der Waals surface area contributed by atoms with Crippen LogP contribution in [0.15, 0.2) is 16.9 Å². The van der Waals surface area contributed by atoms with Crippen molar-refractivity contribution in [2.24, 2.45) is 0 Å². The summed E-state index contributed by atoms with van der Waals surface area (Å²) < 4.78 is 1.74. The minimum atomic E-state index is 0.0753. The van der Waals surface area contributed by atoms with Gasteiger partial charge in [0.05, 0.1) is 11.7 Å². The fraction of sp³-hybridized carbons (Fsp3) is 0.667. The minimum absolute atomic E-state index is 0.0753.